The van der Waals surface area contributed by atoms with Crippen LogP contribution in [0.3, 0.4) is 0 Å². The molecule has 1 saturated carbocycles. The zero-order chi connectivity index (χ0) is 70.0. The first-order valence-electron chi connectivity index (χ1n) is 35.2. The number of rotatable bonds is 7. The van der Waals surface area contributed by atoms with Crippen molar-refractivity contribution < 1.29 is 41.8 Å². The molecule has 16 nitrogen and oxygen atoms in total. The molecular formula is C73H153N13O3+6. The molecule has 7 rings (SSSR count). The minimum absolute atomic E-state index is 0.00148. The second-order valence-electron chi connectivity index (χ2n) is 32.2. The first kappa shape index (κ1) is 89.9. The topological polar surface area (TPSA) is 153 Å². The number of hydrogen-bond donors (Lipinski definition) is 7. The second-order valence-corrected chi connectivity index (χ2v) is 32.2. The van der Waals surface area contributed by atoms with E-state index in [0.29, 0.717) is 23.7 Å². The van der Waals surface area contributed by atoms with Crippen molar-refractivity contribution >= 4 is 58.0 Å². The summed E-state index contributed by atoms with van der Waals surface area (Å²) in [5.74, 6) is 0.378. The molecule has 0 aromatic heterocycles. The van der Waals surface area contributed by atoms with Crippen LogP contribution in [0.2, 0.25) is 0 Å². The van der Waals surface area contributed by atoms with Gasteiger partial charge in [0.2, 0.25) is 0 Å². The molecule has 6 unspecified atom stereocenters. The Hall–Kier alpha value is -3.25. The van der Waals surface area contributed by atoms with Gasteiger partial charge in [-0.15, -0.1) is 0 Å². The zero-order valence-corrected chi connectivity index (χ0v) is 64.0. The predicted molar refractivity (Wildman–Crippen MR) is 389 cm³/mol. The summed E-state index contributed by atoms with van der Waals surface area (Å²) in [5, 5.41) is 24.2. The summed E-state index contributed by atoms with van der Waals surface area (Å²) in [7, 11) is 0. The fourth-order valence-corrected chi connectivity index (χ4v) is 10.9. The Bertz CT molecular complexity index is 2080. The highest BCUT2D eigenvalue weighted by molar-refractivity contribution is 5.77. The van der Waals surface area contributed by atoms with Crippen molar-refractivity contribution in [2.24, 2.45) is 0 Å². The van der Waals surface area contributed by atoms with E-state index in [1.165, 1.54) is 55.9 Å². The average Bonchev–Trinajstić information content (AvgIpc) is 4.35. The summed E-state index contributed by atoms with van der Waals surface area (Å²) in [6.07, 6.45) is 16.5. The van der Waals surface area contributed by atoms with Gasteiger partial charge in [0.05, 0.1) is 18.1 Å². The van der Waals surface area contributed by atoms with Crippen LogP contribution in [0.4, 0.5) is 0 Å². The molecule has 7 fully saturated rings. The average molecular weight is 1260 g/mol. The van der Waals surface area contributed by atoms with E-state index < -0.39 is 0 Å². The third-order valence-corrected chi connectivity index (χ3v) is 14.1. The van der Waals surface area contributed by atoms with Crippen LogP contribution in [0, 0.1) is 0 Å². The summed E-state index contributed by atoms with van der Waals surface area (Å²) >= 11 is 0. The number of carbonyl (C=O) groups excluding carboxylic acids is 3. The summed E-state index contributed by atoms with van der Waals surface area (Å²) in [4.78, 5) is 34.8. The first-order chi connectivity index (χ1) is 40.7. The van der Waals surface area contributed by atoms with Crippen molar-refractivity contribution in [1.82, 2.24) is 37.2 Å². The maximum Gasteiger partial charge on any atom is 0.403 e. The maximum atomic E-state index is 11.8. The van der Waals surface area contributed by atoms with Gasteiger partial charge in [-0.3, -0.25) is 16.0 Å². The van der Waals surface area contributed by atoms with Crippen LogP contribution in [0.1, 0.15) is 277 Å². The van der Waals surface area contributed by atoms with Crippen LogP contribution in [0.5, 0.6) is 0 Å². The molecule has 7 aliphatic rings. The fourth-order valence-electron chi connectivity index (χ4n) is 10.9. The Morgan fingerprint density at radius 1 is 0.270 bits per heavy atom. The van der Waals surface area contributed by atoms with E-state index in [1.54, 1.807) is 9.15 Å². The molecule has 89 heavy (non-hydrogen) atoms. The van der Waals surface area contributed by atoms with Gasteiger partial charge in [0.15, 0.2) is 39.3 Å². The van der Waals surface area contributed by atoms with E-state index in [-0.39, 0.29) is 69.1 Å². The molecule has 3 amide bonds. The lowest BCUT2D eigenvalue weighted by Gasteiger charge is -2.29. The second kappa shape index (κ2) is 43.6. The minimum Gasteiger partial charge on any atom is -0.309 e. The van der Waals surface area contributed by atoms with Gasteiger partial charge in [-0.1, -0.05) is 41.5 Å². The van der Waals surface area contributed by atoms with E-state index in [1.807, 2.05) is 41.5 Å². The van der Waals surface area contributed by atoms with Crippen molar-refractivity contribution in [2.75, 3.05) is 58.9 Å². The molecule has 6 heterocycles. The molecule has 1 aliphatic carbocycles. The Morgan fingerprint density at radius 2 is 0.517 bits per heavy atom. The van der Waals surface area contributed by atoms with E-state index >= 15 is 0 Å². The highest BCUT2D eigenvalue weighted by Crippen LogP contribution is 2.22. The molecular weight excluding hydrogens is 1110 g/mol. The van der Waals surface area contributed by atoms with Gasteiger partial charge in [-0.05, 0) is 197 Å². The fraction of sp³-hybridized carbons (Fsp3) is 0.877. The maximum absolute atomic E-state index is 11.8. The summed E-state index contributed by atoms with van der Waals surface area (Å²) < 4.78 is 11.2. The molecule has 16 heteroatoms. The van der Waals surface area contributed by atoms with Crippen molar-refractivity contribution in [1.29, 1.82) is 0 Å². The van der Waals surface area contributed by atoms with Gasteiger partial charge >= 0.3 is 17.7 Å². The number of nitrogens with one attached hydrogen (secondary N) is 7. The highest BCUT2D eigenvalue weighted by atomic mass is 16.2. The lowest BCUT2D eigenvalue weighted by Crippen LogP contribution is -2.52. The molecule has 6 aliphatic heterocycles. The van der Waals surface area contributed by atoms with Crippen LogP contribution in [-0.2, 0) is 14.4 Å². The van der Waals surface area contributed by atoms with Crippen LogP contribution in [-0.4, -0.2) is 225 Å². The van der Waals surface area contributed by atoms with E-state index in [9.17, 15) is 14.4 Å². The van der Waals surface area contributed by atoms with Gasteiger partial charge in [0, 0.05) is 83.3 Å². The van der Waals surface area contributed by atoms with Gasteiger partial charge < -0.3 is 21.3 Å². The van der Waals surface area contributed by atoms with E-state index in [4.69, 9.17) is 0 Å². The Morgan fingerprint density at radius 3 is 0.831 bits per heavy atom. The van der Waals surface area contributed by atoms with Crippen LogP contribution in [0.25, 0.3) is 0 Å². The number of hydrogen-bond acceptors (Lipinski definition) is 10. The zero-order valence-electron chi connectivity index (χ0n) is 64.0. The van der Waals surface area contributed by atoms with Crippen molar-refractivity contribution in [3.63, 3.8) is 0 Å². The summed E-state index contributed by atoms with van der Waals surface area (Å²) in [6.45, 7) is 89.3. The molecule has 0 aromatic rings. The lowest BCUT2D eigenvalue weighted by molar-refractivity contribution is -0.532. The van der Waals surface area contributed by atoms with Crippen molar-refractivity contribution in [2.45, 2.75) is 358 Å². The van der Waals surface area contributed by atoms with Crippen LogP contribution < -0.4 is 37.2 Å². The molecule has 522 valence electrons. The molecule has 0 spiro atoms. The number of carbonyl (C=O) groups is 3. The van der Waals surface area contributed by atoms with Gasteiger partial charge in [0.1, 0.15) is 78.1 Å². The van der Waals surface area contributed by atoms with Crippen molar-refractivity contribution in [3.8, 4) is 0 Å². The van der Waals surface area contributed by atoms with Crippen LogP contribution in [0.15, 0.2) is 0 Å². The molecule has 7 N–H and O–H groups in total. The Labute approximate surface area is 551 Å². The SMILES string of the molecule is C=[N+]1CCC(NC(C)(C)C)C1.C=[N+]1CCC(NC(C)(C)C)C1=O.C=[N+]1CCCC(NC(C)(C)C)C1.C=[N+]1CCCC(NC(C)(C)C)C1=O.C=[N+]1CCCCC(NC(C)(C)C)C1.C=[N+]1CCCCC(NC(C)(C)C)C1=O.CC.CC.CC.CC(C)(C)NC1CC1. The lowest BCUT2D eigenvalue weighted by atomic mass is 10.0. The largest absolute Gasteiger partial charge is 0.403 e. The van der Waals surface area contributed by atoms with Gasteiger partial charge in [-0.25, -0.2) is 28.1 Å². The molecule has 6 saturated heterocycles. The first-order valence-corrected chi connectivity index (χ1v) is 35.2. The smallest absolute Gasteiger partial charge is 0.309 e. The number of amides is 3. The Kier molecular flexibility index (Phi) is 44.1. The van der Waals surface area contributed by atoms with Gasteiger partial charge in [-0.2, -0.15) is 13.7 Å². The van der Waals surface area contributed by atoms with E-state index in [0.717, 1.165) is 103 Å². The van der Waals surface area contributed by atoms with Crippen molar-refractivity contribution in [3.05, 3.63) is 0 Å². The normalized spacial score (nSPS) is 23.6. The van der Waals surface area contributed by atoms with Gasteiger partial charge in [0.25, 0.3) is 0 Å². The quantitative estimate of drug-likeness (QED) is 0.123. The number of nitrogens with zero attached hydrogens (tertiary/aromatic N) is 6. The summed E-state index contributed by atoms with van der Waals surface area (Å²) in [6, 6.07) is 2.64. The van der Waals surface area contributed by atoms with Crippen LogP contribution >= 0.6 is 0 Å². The third kappa shape index (κ3) is 50.9. The number of piperidine rings is 2. The minimum atomic E-state index is -0.0463. The highest BCUT2D eigenvalue weighted by Gasteiger charge is 2.38. The standard InChI is InChI=1S/C11H21N2O.C11H23N2.C10H19N2O.C10H21N2.C9H17N2O.C9H19N2.C7H15N.3C2H6/c1-11(2,3)12-9-7-5-6-8-13(4)10(9)14;1-11(2,3)12-10-7-5-6-8-13(4)9-10;1-10(2,3)11-8-6-5-7-12(4)9(8)13;1-10(2,3)11-9-6-5-7-12(4)8-9;1-9(2,3)10-7-5-6-11(4)8(7)12;1-9(2,3)10-8-5-6-11(4)7-8;1-7(2,3)8-6-4-5-6;3*1-2/h9,12H,4-8H2,1-3H3;10,12H,4-9H2,1-3H3;8,11H,4-7H2,1-3H3;9,11H,4-8H2,1-3H3;7,10H,4-6H2,1-3H3;8,10H,4-7H2,1-3H3;6,8H,4-5H2,1-3H3;3*1-2H3/q6*+1;;;;. The molecule has 6 atom stereocenters. The predicted octanol–water partition coefficient (Wildman–Crippen LogP) is 10.7. The summed E-state index contributed by atoms with van der Waals surface area (Å²) in [5.41, 5.74) is 1.05. The Balaban J connectivity index is -0.000000959. The molecule has 0 radical (unpaired) electrons. The van der Waals surface area contributed by atoms with E-state index in [2.05, 4.69) is 237 Å². The monoisotopic (exact) mass is 1260 g/mol. The molecule has 0 bridgehead atoms. The third-order valence-electron chi connectivity index (χ3n) is 14.1. The molecule has 0 aromatic carbocycles.